The maximum Gasteiger partial charge on any atom is 0.247 e. The van der Waals surface area contributed by atoms with Gasteiger partial charge >= 0.3 is 0 Å². The lowest BCUT2D eigenvalue weighted by Crippen LogP contribution is -2.24. The Kier molecular flexibility index (Phi) is 2.36. The average Bonchev–Trinajstić information content (AvgIpc) is 2.65. The molecule has 0 aromatic heterocycles. The predicted molar refractivity (Wildman–Crippen MR) is 51.4 cm³/mol. The molecule has 2 rings (SSSR count). The van der Waals surface area contributed by atoms with Gasteiger partial charge in [-0.2, -0.15) is 0 Å². The van der Waals surface area contributed by atoms with Crippen LogP contribution in [0.15, 0.2) is 11.6 Å². The first-order valence-electron chi connectivity index (χ1n) is 4.96. The number of amides is 1. The van der Waals surface area contributed by atoms with E-state index >= 15 is 0 Å². The molecule has 0 saturated carbocycles. The fourth-order valence-corrected chi connectivity index (χ4v) is 2.08. The summed E-state index contributed by atoms with van der Waals surface area (Å²) in [7, 11) is 2.13. The molecular formula is C10H16N2O. The summed E-state index contributed by atoms with van der Waals surface area (Å²) >= 11 is 0. The van der Waals surface area contributed by atoms with Crippen molar-refractivity contribution in [2.24, 2.45) is 0 Å². The molecule has 2 saturated heterocycles. The lowest BCUT2D eigenvalue weighted by Gasteiger charge is -2.15. The fourth-order valence-electron chi connectivity index (χ4n) is 2.08. The summed E-state index contributed by atoms with van der Waals surface area (Å²) in [6.45, 7) is 1.98. The van der Waals surface area contributed by atoms with E-state index in [1.807, 2.05) is 0 Å². The number of rotatable bonds is 1. The van der Waals surface area contributed by atoms with Crippen molar-refractivity contribution in [2.45, 2.75) is 25.3 Å². The first kappa shape index (κ1) is 8.75. The zero-order valence-corrected chi connectivity index (χ0v) is 8.05. The Labute approximate surface area is 78.8 Å². The molecule has 72 valence electrons. The topological polar surface area (TPSA) is 32.3 Å². The third-order valence-corrected chi connectivity index (χ3v) is 2.94. The minimum Gasteiger partial charge on any atom is -0.352 e. The van der Waals surface area contributed by atoms with Gasteiger partial charge in [-0.3, -0.25) is 9.69 Å². The molecule has 2 fully saturated rings. The van der Waals surface area contributed by atoms with Crippen LogP contribution in [0.1, 0.15) is 19.3 Å². The molecule has 1 atom stereocenters. The van der Waals surface area contributed by atoms with Gasteiger partial charge in [0.2, 0.25) is 5.91 Å². The Morgan fingerprint density at radius 2 is 2.46 bits per heavy atom. The molecule has 0 bridgehead atoms. The molecule has 0 radical (unpaired) electrons. The van der Waals surface area contributed by atoms with Crippen molar-refractivity contribution < 1.29 is 4.79 Å². The number of nitrogens with zero attached hydrogens (tertiary/aromatic N) is 1. The SMILES string of the molecule is CN1CCC[C@H]1/C=C1\CCNC1=O. The zero-order valence-electron chi connectivity index (χ0n) is 8.05. The monoisotopic (exact) mass is 180 g/mol. The molecule has 2 aliphatic heterocycles. The van der Waals surface area contributed by atoms with Crippen molar-refractivity contribution in [3.05, 3.63) is 11.6 Å². The second kappa shape index (κ2) is 3.50. The molecule has 0 unspecified atom stereocenters. The first-order chi connectivity index (χ1) is 6.27. The average molecular weight is 180 g/mol. The highest BCUT2D eigenvalue weighted by molar-refractivity contribution is 5.95. The summed E-state index contributed by atoms with van der Waals surface area (Å²) in [6, 6.07) is 0.499. The lowest BCUT2D eigenvalue weighted by atomic mass is 10.1. The quantitative estimate of drug-likeness (QED) is 0.597. The number of likely N-dealkylation sites (tertiary alicyclic amines) is 1. The second-order valence-electron chi connectivity index (χ2n) is 3.89. The normalized spacial score (nSPS) is 32.8. The summed E-state index contributed by atoms with van der Waals surface area (Å²) in [5.74, 6) is 0.139. The van der Waals surface area contributed by atoms with Crippen LogP contribution in [-0.2, 0) is 4.79 Å². The molecule has 0 spiro atoms. The van der Waals surface area contributed by atoms with Crippen molar-refractivity contribution >= 4 is 5.91 Å². The van der Waals surface area contributed by atoms with Gasteiger partial charge in [0.1, 0.15) is 0 Å². The van der Waals surface area contributed by atoms with Crippen molar-refractivity contribution in [3.8, 4) is 0 Å². The van der Waals surface area contributed by atoms with Gasteiger partial charge in [-0.25, -0.2) is 0 Å². The first-order valence-corrected chi connectivity index (χ1v) is 4.96. The molecule has 0 aromatic rings. The van der Waals surface area contributed by atoms with Crippen LogP contribution >= 0.6 is 0 Å². The molecule has 2 heterocycles. The second-order valence-corrected chi connectivity index (χ2v) is 3.89. The van der Waals surface area contributed by atoms with E-state index in [0.717, 1.165) is 25.1 Å². The van der Waals surface area contributed by atoms with Crippen molar-refractivity contribution in [1.29, 1.82) is 0 Å². The maximum absolute atomic E-state index is 11.3. The van der Waals surface area contributed by atoms with E-state index in [9.17, 15) is 4.79 Å². The van der Waals surface area contributed by atoms with E-state index in [-0.39, 0.29) is 5.91 Å². The van der Waals surface area contributed by atoms with E-state index in [0.29, 0.717) is 6.04 Å². The van der Waals surface area contributed by atoms with Gasteiger partial charge in [-0.1, -0.05) is 6.08 Å². The summed E-state index contributed by atoms with van der Waals surface area (Å²) in [4.78, 5) is 13.6. The Morgan fingerprint density at radius 1 is 1.62 bits per heavy atom. The Balaban J connectivity index is 2.05. The Bertz CT molecular complexity index is 247. The Morgan fingerprint density at radius 3 is 3.00 bits per heavy atom. The minimum atomic E-state index is 0.139. The van der Waals surface area contributed by atoms with Crippen LogP contribution in [0.4, 0.5) is 0 Å². The summed E-state index contributed by atoms with van der Waals surface area (Å²) in [5, 5.41) is 2.83. The standard InChI is InChI=1S/C10H16N2O/c1-12-6-2-3-9(12)7-8-4-5-11-10(8)13/h7,9H,2-6H2,1H3,(H,11,13)/b8-7+/t9-/m0/s1. The highest BCUT2D eigenvalue weighted by Crippen LogP contribution is 2.19. The van der Waals surface area contributed by atoms with Crippen LogP contribution in [-0.4, -0.2) is 37.0 Å². The number of nitrogens with one attached hydrogen (secondary N) is 1. The van der Waals surface area contributed by atoms with E-state index < -0.39 is 0 Å². The van der Waals surface area contributed by atoms with Crippen molar-refractivity contribution in [3.63, 3.8) is 0 Å². The van der Waals surface area contributed by atoms with Gasteiger partial charge in [0.25, 0.3) is 0 Å². The van der Waals surface area contributed by atoms with Crippen LogP contribution in [0.25, 0.3) is 0 Å². The van der Waals surface area contributed by atoms with Crippen LogP contribution in [0, 0.1) is 0 Å². The smallest absolute Gasteiger partial charge is 0.247 e. The van der Waals surface area contributed by atoms with Crippen molar-refractivity contribution in [1.82, 2.24) is 10.2 Å². The maximum atomic E-state index is 11.3. The fraction of sp³-hybridized carbons (Fsp3) is 0.700. The Hall–Kier alpha value is -0.830. The van der Waals surface area contributed by atoms with E-state index in [1.165, 1.54) is 12.8 Å². The number of likely N-dealkylation sites (N-methyl/N-ethyl adjacent to an activating group) is 1. The van der Waals surface area contributed by atoms with Crippen molar-refractivity contribution in [2.75, 3.05) is 20.1 Å². The summed E-state index contributed by atoms with van der Waals surface area (Å²) in [5.41, 5.74) is 0.985. The molecule has 13 heavy (non-hydrogen) atoms. The molecule has 3 heteroatoms. The summed E-state index contributed by atoms with van der Waals surface area (Å²) in [6.07, 6.45) is 5.51. The molecule has 3 nitrogen and oxygen atoms in total. The van der Waals surface area contributed by atoms with E-state index in [2.05, 4.69) is 23.3 Å². The van der Waals surface area contributed by atoms with Crippen LogP contribution < -0.4 is 5.32 Å². The predicted octanol–water partition coefficient (Wildman–Crippen LogP) is 0.527. The van der Waals surface area contributed by atoms with Crippen LogP contribution in [0.2, 0.25) is 0 Å². The molecule has 0 aliphatic carbocycles. The van der Waals surface area contributed by atoms with Gasteiger partial charge in [-0.15, -0.1) is 0 Å². The van der Waals surface area contributed by atoms with E-state index in [4.69, 9.17) is 0 Å². The lowest BCUT2D eigenvalue weighted by molar-refractivity contribution is -0.116. The van der Waals surface area contributed by atoms with Crippen LogP contribution in [0.5, 0.6) is 0 Å². The van der Waals surface area contributed by atoms with Gasteiger partial charge in [0.05, 0.1) is 0 Å². The minimum absolute atomic E-state index is 0.139. The molecule has 1 N–H and O–H groups in total. The highest BCUT2D eigenvalue weighted by atomic mass is 16.1. The molecule has 1 amide bonds. The molecule has 0 aromatic carbocycles. The third-order valence-electron chi connectivity index (χ3n) is 2.94. The zero-order chi connectivity index (χ0) is 9.26. The summed E-state index contributed by atoms with van der Waals surface area (Å²) < 4.78 is 0. The number of hydrogen-bond acceptors (Lipinski definition) is 2. The van der Waals surface area contributed by atoms with Gasteiger partial charge < -0.3 is 5.32 Å². The highest BCUT2D eigenvalue weighted by Gasteiger charge is 2.22. The third kappa shape index (κ3) is 1.75. The van der Waals surface area contributed by atoms with Gasteiger partial charge in [-0.05, 0) is 32.9 Å². The largest absolute Gasteiger partial charge is 0.352 e. The van der Waals surface area contributed by atoms with Gasteiger partial charge in [0.15, 0.2) is 0 Å². The number of hydrogen-bond donors (Lipinski definition) is 1. The van der Waals surface area contributed by atoms with E-state index in [1.54, 1.807) is 0 Å². The number of carbonyl (C=O) groups excluding carboxylic acids is 1. The molecule has 2 aliphatic rings. The van der Waals surface area contributed by atoms with Crippen LogP contribution in [0.3, 0.4) is 0 Å². The van der Waals surface area contributed by atoms with Gasteiger partial charge in [0, 0.05) is 18.2 Å². The number of carbonyl (C=O) groups is 1. The molecular weight excluding hydrogens is 164 g/mol.